The molecule has 4 rings (SSSR count). The Bertz CT molecular complexity index is 803. The van der Waals surface area contributed by atoms with Crippen molar-refractivity contribution in [3.63, 3.8) is 0 Å². The summed E-state index contributed by atoms with van der Waals surface area (Å²) >= 11 is 1.59. The lowest BCUT2D eigenvalue weighted by Gasteiger charge is -2.49. The predicted octanol–water partition coefficient (Wildman–Crippen LogP) is 2.99. The molecular formula is C19H19FN2O3S. The largest absolute Gasteiger partial charge is 0.475 e. The fraction of sp³-hybridized carbons (Fsp3) is 0.368. The highest BCUT2D eigenvalue weighted by atomic mass is 32.1. The number of ether oxygens (including phenoxy) is 2. The van der Waals surface area contributed by atoms with Gasteiger partial charge < -0.3 is 14.4 Å². The molecule has 2 aliphatic heterocycles. The predicted molar refractivity (Wildman–Crippen MR) is 96.4 cm³/mol. The fourth-order valence-corrected chi connectivity index (χ4v) is 4.05. The summed E-state index contributed by atoms with van der Waals surface area (Å²) < 4.78 is 25.1. The minimum atomic E-state index is -0.468. The van der Waals surface area contributed by atoms with Crippen LogP contribution < -0.4 is 4.74 Å². The number of hydrogen-bond donors (Lipinski definition) is 0. The molecule has 0 aromatic carbocycles. The van der Waals surface area contributed by atoms with Crippen molar-refractivity contribution in [3.8, 4) is 5.88 Å². The molecule has 7 heteroatoms. The van der Waals surface area contributed by atoms with E-state index in [0.717, 1.165) is 11.3 Å². The van der Waals surface area contributed by atoms with Gasteiger partial charge in [-0.05, 0) is 36.1 Å². The molecule has 0 unspecified atom stereocenters. The number of amides is 1. The number of rotatable bonds is 5. The van der Waals surface area contributed by atoms with Gasteiger partial charge in [0.2, 0.25) is 11.8 Å². The minimum absolute atomic E-state index is 0.0145. The van der Waals surface area contributed by atoms with E-state index in [9.17, 15) is 9.18 Å². The van der Waals surface area contributed by atoms with Gasteiger partial charge in [-0.25, -0.2) is 9.37 Å². The third-order valence-corrected chi connectivity index (χ3v) is 5.75. The summed E-state index contributed by atoms with van der Waals surface area (Å²) in [5.74, 6) is -0.352. The van der Waals surface area contributed by atoms with Crippen molar-refractivity contribution in [3.05, 3.63) is 52.6 Å². The number of pyridine rings is 1. The molecule has 5 nitrogen and oxygen atoms in total. The second-order valence-electron chi connectivity index (χ2n) is 6.54. The third-order valence-electron chi connectivity index (χ3n) is 4.91. The zero-order valence-electron chi connectivity index (χ0n) is 14.1. The van der Waals surface area contributed by atoms with Crippen LogP contribution in [0.15, 0.2) is 41.9 Å². The second kappa shape index (κ2) is 7.17. The highest BCUT2D eigenvalue weighted by molar-refractivity contribution is 7.10. The Labute approximate surface area is 155 Å². The van der Waals surface area contributed by atoms with Crippen LogP contribution in [0.2, 0.25) is 0 Å². The van der Waals surface area contributed by atoms with Gasteiger partial charge in [0, 0.05) is 29.7 Å². The summed E-state index contributed by atoms with van der Waals surface area (Å²) in [6.45, 7) is 2.05. The molecular weight excluding hydrogens is 355 g/mol. The van der Waals surface area contributed by atoms with Gasteiger partial charge in [-0.15, -0.1) is 11.3 Å². The maximum absolute atomic E-state index is 13.6. The molecule has 1 amide bonds. The molecule has 1 spiro atoms. The summed E-state index contributed by atoms with van der Waals surface area (Å²) in [6.07, 6.45) is 5.77. The molecule has 2 aliphatic rings. The van der Waals surface area contributed by atoms with Gasteiger partial charge in [-0.2, -0.15) is 0 Å². The van der Waals surface area contributed by atoms with Crippen LogP contribution in [-0.4, -0.2) is 47.7 Å². The SMILES string of the molecule is O=C(/C=C/c1cccs1)N1CC2(C1)OCC[C@@H]2COc1ncccc1F. The van der Waals surface area contributed by atoms with E-state index in [1.807, 2.05) is 23.6 Å². The van der Waals surface area contributed by atoms with Crippen LogP contribution in [0.5, 0.6) is 5.88 Å². The zero-order valence-corrected chi connectivity index (χ0v) is 15.0. The van der Waals surface area contributed by atoms with E-state index in [1.165, 1.54) is 18.3 Å². The first-order valence-electron chi connectivity index (χ1n) is 8.54. The van der Waals surface area contributed by atoms with Crippen molar-refractivity contribution in [1.29, 1.82) is 0 Å². The zero-order chi connectivity index (χ0) is 18.0. The number of hydrogen-bond acceptors (Lipinski definition) is 5. The number of nitrogens with zero attached hydrogens (tertiary/aromatic N) is 2. The van der Waals surface area contributed by atoms with Gasteiger partial charge in [0.05, 0.1) is 19.7 Å². The first-order valence-corrected chi connectivity index (χ1v) is 9.42. The number of halogens is 1. The molecule has 2 aromatic rings. The maximum Gasteiger partial charge on any atom is 0.250 e. The molecule has 0 radical (unpaired) electrons. The Balaban J connectivity index is 1.33. The maximum atomic E-state index is 13.6. The minimum Gasteiger partial charge on any atom is -0.475 e. The van der Waals surface area contributed by atoms with Crippen molar-refractivity contribution < 1.29 is 18.7 Å². The van der Waals surface area contributed by atoms with E-state index >= 15 is 0 Å². The van der Waals surface area contributed by atoms with Gasteiger partial charge in [-0.3, -0.25) is 4.79 Å². The van der Waals surface area contributed by atoms with Crippen molar-refractivity contribution in [1.82, 2.24) is 9.88 Å². The number of likely N-dealkylation sites (tertiary alicyclic amines) is 1. The Morgan fingerprint density at radius 1 is 1.46 bits per heavy atom. The van der Waals surface area contributed by atoms with Crippen LogP contribution in [-0.2, 0) is 9.53 Å². The summed E-state index contributed by atoms with van der Waals surface area (Å²) in [6, 6.07) is 6.78. The van der Waals surface area contributed by atoms with Crippen molar-refractivity contribution in [2.45, 2.75) is 12.0 Å². The van der Waals surface area contributed by atoms with Crippen LogP contribution >= 0.6 is 11.3 Å². The molecule has 2 aromatic heterocycles. The lowest BCUT2D eigenvalue weighted by Crippen LogP contribution is -2.66. The molecule has 0 N–H and O–H groups in total. The summed E-state index contributed by atoms with van der Waals surface area (Å²) in [5, 5.41) is 1.98. The quantitative estimate of drug-likeness (QED) is 0.755. The molecule has 26 heavy (non-hydrogen) atoms. The number of carbonyl (C=O) groups excluding carboxylic acids is 1. The standard InChI is InChI=1S/C19H19FN2O3S/c20-16-4-1-8-21-18(16)24-11-14-7-9-25-19(14)12-22(13-19)17(23)6-5-15-3-2-10-26-15/h1-6,8,10,14H,7,9,11-13H2/b6-5+/t14-/m1/s1. The molecule has 0 aliphatic carbocycles. The highest BCUT2D eigenvalue weighted by Gasteiger charge is 2.54. The van der Waals surface area contributed by atoms with Crippen LogP contribution in [0.3, 0.4) is 0 Å². The lowest BCUT2D eigenvalue weighted by molar-refractivity contribution is -0.162. The highest BCUT2D eigenvalue weighted by Crippen LogP contribution is 2.40. The normalized spacial score (nSPS) is 21.3. The van der Waals surface area contributed by atoms with Crippen LogP contribution in [0, 0.1) is 11.7 Å². The van der Waals surface area contributed by atoms with Gasteiger partial charge in [0.1, 0.15) is 5.60 Å². The molecule has 0 bridgehead atoms. The molecule has 136 valence electrons. The first-order chi connectivity index (χ1) is 12.7. The van der Waals surface area contributed by atoms with Crippen LogP contribution in [0.4, 0.5) is 4.39 Å². The van der Waals surface area contributed by atoms with Gasteiger partial charge in [-0.1, -0.05) is 6.07 Å². The Hall–Kier alpha value is -2.25. The van der Waals surface area contributed by atoms with Gasteiger partial charge in [0.25, 0.3) is 0 Å². The smallest absolute Gasteiger partial charge is 0.250 e. The lowest BCUT2D eigenvalue weighted by atomic mass is 9.81. The summed E-state index contributed by atoms with van der Waals surface area (Å²) in [4.78, 5) is 19.0. The van der Waals surface area contributed by atoms with E-state index in [4.69, 9.17) is 9.47 Å². The second-order valence-corrected chi connectivity index (χ2v) is 7.52. The monoisotopic (exact) mass is 374 g/mol. The number of aromatic nitrogens is 1. The third kappa shape index (κ3) is 3.37. The number of carbonyl (C=O) groups is 1. The van der Waals surface area contributed by atoms with E-state index < -0.39 is 5.82 Å². The number of thiophene rings is 1. The topological polar surface area (TPSA) is 51.7 Å². The average Bonchev–Trinajstić information content (AvgIpc) is 3.27. The Kier molecular flexibility index (Phi) is 4.74. The van der Waals surface area contributed by atoms with E-state index in [1.54, 1.807) is 22.3 Å². The van der Waals surface area contributed by atoms with E-state index in [0.29, 0.717) is 26.3 Å². The van der Waals surface area contributed by atoms with Crippen molar-refractivity contribution >= 4 is 23.3 Å². The van der Waals surface area contributed by atoms with Crippen molar-refractivity contribution in [2.75, 3.05) is 26.3 Å². The van der Waals surface area contributed by atoms with Gasteiger partial charge in [0.15, 0.2) is 5.82 Å². The van der Waals surface area contributed by atoms with Crippen LogP contribution in [0.25, 0.3) is 6.08 Å². The van der Waals surface area contributed by atoms with Gasteiger partial charge >= 0.3 is 0 Å². The van der Waals surface area contributed by atoms with Crippen LogP contribution in [0.1, 0.15) is 11.3 Å². The van der Waals surface area contributed by atoms with E-state index in [-0.39, 0.29) is 23.3 Å². The molecule has 4 heterocycles. The average molecular weight is 374 g/mol. The molecule has 0 saturated carbocycles. The van der Waals surface area contributed by atoms with E-state index in [2.05, 4.69) is 4.98 Å². The van der Waals surface area contributed by atoms with Crippen molar-refractivity contribution in [2.24, 2.45) is 5.92 Å². The Morgan fingerprint density at radius 2 is 2.35 bits per heavy atom. The molecule has 1 atom stereocenters. The summed E-state index contributed by atoms with van der Waals surface area (Å²) in [5.41, 5.74) is -0.377. The first kappa shape index (κ1) is 17.2. The summed E-state index contributed by atoms with van der Waals surface area (Å²) in [7, 11) is 0. The fourth-order valence-electron chi connectivity index (χ4n) is 3.43. The Morgan fingerprint density at radius 3 is 3.12 bits per heavy atom. The molecule has 2 fully saturated rings. The molecule has 2 saturated heterocycles.